The minimum Gasteiger partial charge on any atom is -0.361 e. The van der Waals surface area contributed by atoms with E-state index in [0.29, 0.717) is 6.04 Å². The molecule has 0 aromatic heterocycles. The summed E-state index contributed by atoms with van der Waals surface area (Å²) in [4.78, 5) is 15.2. The summed E-state index contributed by atoms with van der Waals surface area (Å²) in [5.74, 6) is -0.892. The second kappa shape index (κ2) is 10.0. The summed E-state index contributed by atoms with van der Waals surface area (Å²) in [6.45, 7) is 3.90. The van der Waals surface area contributed by atoms with Crippen molar-refractivity contribution in [3.05, 3.63) is 58.6 Å². The number of carbonyl (C=O) groups excluding carboxylic acids is 1. The maximum Gasteiger partial charge on any atom is 0.256 e. The Balaban J connectivity index is 1.36. The zero-order valence-corrected chi connectivity index (χ0v) is 18.0. The Morgan fingerprint density at radius 3 is 3.00 bits per heavy atom. The number of nitrogens with one attached hydrogen (secondary N) is 2. The summed E-state index contributed by atoms with van der Waals surface area (Å²) in [5, 5.41) is 14.0. The van der Waals surface area contributed by atoms with E-state index in [2.05, 4.69) is 32.7 Å². The largest absolute Gasteiger partial charge is 0.361 e. The van der Waals surface area contributed by atoms with Crippen molar-refractivity contribution in [2.24, 2.45) is 10.2 Å². The van der Waals surface area contributed by atoms with Crippen LogP contribution >= 0.6 is 0 Å². The van der Waals surface area contributed by atoms with Crippen molar-refractivity contribution in [2.45, 2.75) is 64.2 Å². The van der Waals surface area contributed by atoms with E-state index in [1.165, 1.54) is 18.9 Å². The maximum atomic E-state index is 14.7. The lowest BCUT2D eigenvalue weighted by molar-refractivity contribution is 0.0936. The molecule has 1 aromatic rings. The SMILES string of the molecule is CCCC/C=N/N=C/C1=CC=CC(NC(=O)c2cc3c(cc2F)CCN(C2CC2)C3)N1. The number of hydrogen-bond acceptors (Lipinski definition) is 5. The molecule has 0 spiro atoms. The summed E-state index contributed by atoms with van der Waals surface area (Å²) in [6.07, 6.45) is 14.9. The van der Waals surface area contributed by atoms with Crippen LogP contribution in [0.1, 0.15) is 60.5 Å². The van der Waals surface area contributed by atoms with Crippen LogP contribution in [-0.4, -0.2) is 42.0 Å². The van der Waals surface area contributed by atoms with Gasteiger partial charge in [0, 0.05) is 25.3 Å². The maximum absolute atomic E-state index is 14.7. The molecular formula is C24H30FN5O. The van der Waals surface area contributed by atoms with Gasteiger partial charge in [0.15, 0.2) is 0 Å². The first-order chi connectivity index (χ1) is 15.1. The molecule has 0 radical (unpaired) electrons. The van der Waals surface area contributed by atoms with Gasteiger partial charge >= 0.3 is 0 Å². The highest BCUT2D eigenvalue weighted by molar-refractivity contribution is 5.95. The highest BCUT2D eigenvalue weighted by atomic mass is 19.1. The molecule has 1 amide bonds. The fourth-order valence-corrected chi connectivity index (χ4v) is 3.95. The third-order valence-electron chi connectivity index (χ3n) is 5.86. The highest BCUT2D eigenvalue weighted by Crippen LogP contribution is 2.32. The third-order valence-corrected chi connectivity index (χ3v) is 5.86. The number of halogens is 1. The predicted molar refractivity (Wildman–Crippen MR) is 122 cm³/mol. The van der Waals surface area contributed by atoms with Crippen LogP contribution in [0.25, 0.3) is 0 Å². The van der Waals surface area contributed by atoms with Crippen molar-refractivity contribution in [2.75, 3.05) is 6.54 Å². The van der Waals surface area contributed by atoms with Crippen LogP contribution in [0.15, 0.2) is 46.3 Å². The molecule has 2 N–H and O–H groups in total. The Kier molecular flexibility index (Phi) is 6.92. The molecule has 2 heterocycles. The molecule has 4 rings (SSSR count). The average Bonchev–Trinajstić information content (AvgIpc) is 3.61. The number of nitrogens with zero attached hydrogens (tertiary/aromatic N) is 3. The van der Waals surface area contributed by atoms with Crippen LogP contribution in [0.5, 0.6) is 0 Å². The molecule has 7 heteroatoms. The zero-order chi connectivity index (χ0) is 21.6. The summed E-state index contributed by atoms with van der Waals surface area (Å²) >= 11 is 0. The third kappa shape index (κ3) is 5.67. The molecule has 31 heavy (non-hydrogen) atoms. The molecule has 1 fully saturated rings. The van der Waals surface area contributed by atoms with Crippen molar-refractivity contribution in [3.63, 3.8) is 0 Å². The first-order valence-electron chi connectivity index (χ1n) is 11.2. The van der Waals surface area contributed by atoms with Gasteiger partial charge in [-0.25, -0.2) is 4.39 Å². The van der Waals surface area contributed by atoms with Crippen LogP contribution in [-0.2, 0) is 13.0 Å². The normalized spacial score (nSPS) is 21.2. The van der Waals surface area contributed by atoms with E-state index >= 15 is 0 Å². The van der Waals surface area contributed by atoms with E-state index in [1.807, 2.05) is 18.2 Å². The topological polar surface area (TPSA) is 69.1 Å². The molecule has 1 unspecified atom stereocenters. The number of unbranched alkanes of at least 4 members (excludes halogenated alkanes) is 2. The fraction of sp³-hybridized carbons (Fsp3) is 0.458. The van der Waals surface area contributed by atoms with Crippen LogP contribution in [0, 0.1) is 5.82 Å². The van der Waals surface area contributed by atoms with E-state index in [9.17, 15) is 9.18 Å². The monoisotopic (exact) mass is 423 g/mol. The molecule has 3 aliphatic rings. The Morgan fingerprint density at radius 1 is 1.32 bits per heavy atom. The number of fused-ring (bicyclic) bond motifs is 1. The van der Waals surface area contributed by atoms with Gasteiger partial charge in [0.05, 0.1) is 17.5 Å². The molecule has 6 nitrogen and oxygen atoms in total. The highest BCUT2D eigenvalue weighted by Gasteiger charge is 2.32. The van der Waals surface area contributed by atoms with Gasteiger partial charge in [-0.15, -0.1) is 0 Å². The molecular weight excluding hydrogens is 393 g/mol. The molecule has 1 aliphatic carbocycles. The molecule has 164 valence electrons. The standard InChI is InChI=1S/C24H30FN5O/c1-2-3-4-11-26-27-15-19-6-5-7-23(28-19)29-24(31)21-13-18-16-30(20-8-9-20)12-10-17(18)14-22(21)25/h5-7,11,13-15,20,23,28H,2-4,8-10,12,16H2,1H3,(H,29,31)/b26-11+,27-15+. The van der Waals surface area contributed by atoms with Crippen molar-refractivity contribution in [1.82, 2.24) is 15.5 Å². The summed E-state index contributed by atoms with van der Waals surface area (Å²) in [5.41, 5.74) is 2.90. The molecule has 2 aliphatic heterocycles. The van der Waals surface area contributed by atoms with Gasteiger partial charge < -0.3 is 10.6 Å². The van der Waals surface area contributed by atoms with E-state index < -0.39 is 17.9 Å². The van der Waals surface area contributed by atoms with Crippen LogP contribution in [0.2, 0.25) is 0 Å². The van der Waals surface area contributed by atoms with Gasteiger partial charge in [0.1, 0.15) is 12.0 Å². The number of amides is 1. The van der Waals surface area contributed by atoms with Crippen molar-refractivity contribution in [1.29, 1.82) is 0 Å². The van der Waals surface area contributed by atoms with Crippen molar-refractivity contribution >= 4 is 18.3 Å². The quantitative estimate of drug-likeness (QED) is 0.381. The average molecular weight is 424 g/mol. The van der Waals surface area contributed by atoms with Crippen molar-refractivity contribution < 1.29 is 9.18 Å². The molecule has 1 aromatic carbocycles. The zero-order valence-electron chi connectivity index (χ0n) is 18.0. The molecule has 1 saturated carbocycles. The van der Waals surface area contributed by atoms with Gasteiger partial charge in [-0.2, -0.15) is 10.2 Å². The van der Waals surface area contributed by atoms with Crippen LogP contribution in [0.3, 0.4) is 0 Å². The second-order valence-electron chi connectivity index (χ2n) is 8.34. The number of benzene rings is 1. The van der Waals surface area contributed by atoms with Gasteiger partial charge in [-0.3, -0.25) is 9.69 Å². The lowest BCUT2D eigenvalue weighted by atomic mass is 9.96. The Bertz CT molecular complexity index is 932. The lowest BCUT2D eigenvalue weighted by Gasteiger charge is -2.29. The van der Waals surface area contributed by atoms with Gasteiger partial charge in [-0.1, -0.05) is 19.4 Å². The number of carbonyl (C=O) groups is 1. The Labute approximate surface area is 183 Å². The number of hydrogen-bond donors (Lipinski definition) is 2. The van der Waals surface area contributed by atoms with Gasteiger partial charge in [-0.05, 0) is 67.5 Å². The Morgan fingerprint density at radius 2 is 2.19 bits per heavy atom. The first-order valence-corrected chi connectivity index (χ1v) is 11.2. The minimum absolute atomic E-state index is 0.0943. The van der Waals surface area contributed by atoms with E-state index in [4.69, 9.17) is 0 Å². The fourth-order valence-electron chi connectivity index (χ4n) is 3.95. The Hall–Kier alpha value is -2.80. The van der Waals surface area contributed by atoms with Gasteiger partial charge in [0.25, 0.3) is 5.91 Å². The molecule has 0 bridgehead atoms. The second-order valence-corrected chi connectivity index (χ2v) is 8.34. The number of rotatable bonds is 8. The number of dihydropyridines is 1. The smallest absolute Gasteiger partial charge is 0.256 e. The molecule has 0 saturated heterocycles. The van der Waals surface area contributed by atoms with E-state index in [-0.39, 0.29) is 5.56 Å². The first kappa shape index (κ1) is 21.4. The van der Waals surface area contributed by atoms with E-state index in [1.54, 1.807) is 18.5 Å². The predicted octanol–water partition coefficient (Wildman–Crippen LogP) is 3.69. The summed E-state index contributed by atoms with van der Waals surface area (Å²) in [7, 11) is 0. The van der Waals surface area contributed by atoms with Gasteiger partial charge in [0.2, 0.25) is 0 Å². The van der Waals surface area contributed by atoms with Crippen LogP contribution < -0.4 is 10.6 Å². The van der Waals surface area contributed by atoms with Crippen LogP contribution in [0.4, 0.5) is 4.39 Å². The summed E-state index contributed by atoms with van der Waals surface area (Å²) < 4.78 is 14.7. The van der Waals surface area contributed by atoms with E-state index in [0.717, 1.165) is 55.6 Å². The summed E-state index contributed by atoms with van der Waals surface area (Å²) in [6, 6.07) is 3.92. The molecule has 1 atom stereocenters. The lowest BCUT2D eigenvalue weighted by Crippen LogP contribution is -2.45. The number of allylic oxidation sites excluding steroid dienone is 3. The minimum atomic E-state index is -0.463. The van der Waals surface area contributed by atoms with Crippen molar-refractivity contribution in [3.8, 4) is 0 Å².